The Morgan fingerprint density at radius 2 is 2.06 bits per heavy atom. The van der Waals surface area contributed by atoms with Crippen LogP contribution < -0.4 is 4.74 Å². The van der Waals surface area contributed by atoms with Gasteiger partial charge in [-0.2, -0.15) is 0 Å². The number of carbonyl (C=O) groups excluding carboxylic acids is 2. The lowest BCUT2D eigenvalue weighted by Crippen LogP contribution is -2.34. The molecule has 16 heavy (non-hydrogen) atoms. The van der Waals surface area contributed by atoms with Crippen molar-refractivity contribution in [3.63, 3.8) is 0 Å². The van der Waals surface area contributed by atoms with Crippen molar-refractivity contribution >= 4 is 11.6 Å². The molecule has 1 fully saturated rings. The number of hydrogen-bond donors (Lipinski definition) is 0. The second-order valence-electron chi connectivity index (χ2n) is 4.21. The molecule has 2 aliphatic rings. The van der Waals surface area contributed by atoms with E-state index in [-0.39, 0.29) is 11.6 Å². The minimum atomic E-state index is -0.918. The number of Topliss-reactive ketones (excluding diaryl/α,β-unsaturated/α-hetero) is 2. The zero-order valence-corrected chi connectivity index (χ0v) is 8.94. The minimum Gasteiger partial charge on any atom is -0.497 e. The highest BCUT2D eigenvalue weighted by Crippen LogP contribution is 2.46. The molecular weight excluding hydrogens is 208 g/mol. The van der Waals surface area contributed by atoms with E-state index >= 15 is 0 Å². The molecule has 1 aromatic carbocycles. The number of fused-ring (bicyclic) bond motifs is 2. The summed E-state index contributed by atoms with van der Waals surface area (Å²) in [6.07, 6.45) is -0.598. The summed E-state index contributed by atoms with van der Waals surface area (Å²) in [6.45, 7) is 1.66. The maximum absolute atomic E-state index is 12.0. The van der Waals surface area contributed by atoms with Gasteiger partial charge in [0, 0.05) is 11.1 Å². The third-order valence-electron chi connectivity index (χ3n) is 3.23. The number of ketones is 2. The molecule has 0 bridgehead atoms. The van der Waals surface area contributed by atoms with Crippen LogP contribution >= 0.6 is 0 Å². The average molecular weight is 218 g/mol. The molecule has 4 heteroatoms. The lowest BCUT2D eigenvalue weighted by Gasteiger charge is -2.15. The van der Waals surface area contributed by atoms with Gasteiger partial charge in [-0.25, -0.2) is 0 Å². The van der Waals surface area contributed by atoms with Crippen molar-refractivity contribution in [1.82, 2.24) is 0 Å². The second-order valence-corrected chi connectivity index (χ2v) is 4.21. The largest absolute Gasteiger partial charge is 0.497 e. The van der Waals surface area contributed by atoms with Gasteiger partial charge in [-0.1, -0.05) is 0 Å². The Morgan fingerprint density at radius 1 is 1.31 bits per heavy atom. The molecule has 0 amide bonds. The van der Waals surface area contributed by atoms with Crippen molar-refractivity contribution in [3.8, 4) is 5.75 Å². The van der Waals surface area contributed by atoms with Crippen molar-refractivity contribution in [2.45, 2.75) is 18.6 Å². The van der Waals surface area contributed by atoms with Gasteiger partial charge in [0.2, 0.25) is 0 Å². The lowest BCUT2D eigenvalue weighted by atomic mass is 9.83. The van der Waals surface area contributed by atoms with Gasteiger partial charge >= 0.3 is 0 Å². The number of rotatable bonds is 1. The van der Waals surface area contributed by atoms with Crippen LogP contribution in [0.15, 0.2) is 18.2 Å². The zero-order chi connectivity index (χ0) is 11.5. The van der Waals surface area contributed by atoms with E-state index < -0.39 is 11.7 Å². The molecule has 82 valence electrons. The lowest BCUT2D eigenvalue weighted by molar-refractivity contribution is 0.0874. The number of epoxide rings is 1. The second kappa shape index (κ2) is 2.71. The molecule has 1 aliphatic carbocycles. The summed E-state index contributed by atoms with van der Waals surface area (Å²) in [5.41, 5.74) is -0.0787. The third-order valence-corrected chi connectivity index (χ3v) is 3.23. The predicted molar refractivity (Wildman–Crippen MR) is 54.9 cm³/mol. The van der Waals surface area contributed by atoms with Gasteiger partial charge in [-0.3, -0.25) is 9.59 Å². The molecule has 1 saturated heterocycles. The van der Waals surface area contributed by atoms with Crippen LogP contribution in [0.4, 0.5) is 0 Å². The Morgan fingerprint density at radius 3 is 2.75 bits per heavy atom. The van der Waals surface area contributed by atoms with Gasteiger partial charge in [0.05, 0.1) is 7.11 Å². The van der Waals surface area contributed by atoms with Gasteiger partial charge in [0.25, 0.3) is 0 Å². The Balaban J connectivity index is 2.19. The van der Waals surface area contributed by atoms with Crippen LogP contribution in [0.1, 0.15) is 27.6 Å². The van der Waals surface area contributed by atoms with Crippen LogP contribution in [-0.4, -0.2) is 30.4 Å². The number of benzene rings is 1. The van der Waals surface area contributed by atoms with Crippen LogP contribution in [0.5, 0.6) is 5.75 Å². The first-order valence-electron chi connectivity index (χ1n) is 5.03. The maximum Gasteiger partial charge on any atom is 0.198 e. The van der Waals surface area contributed by atoms with Gasteiger partial charge < -0.3 is 9.47 Å². The van der Waals surface area contributed by atoms with Crippen molar-refractivity contribution in [1.29, 1.82) is 0 Å². The van der Waals surface area contributed by atoms with E-state index in [9.17, 15) is 9.59 Å². The molecule has 0 spiro atoms. The molecule has 1 heterocycles. The van der Waals surface area contributed by atoms with Crippen molar-refractivity contribution < 1.29 is 19.1 Å². The first kappa shape index (κ1) is 9.54. The van der Waals surface area contributed by atoms with E-state index in [1.54, 1.807) is 25.1 Å². The standard InChI is InChI=1S/C12H10O4/c1-12-10(14)7-4-3-6(15-2)5-8(7)9(13)11(12)16-12/h3-5,11H,1-2H3. The highest BCUT2D eigenvalue weighted by Gasteiger charge is 2.65. The van der Waals surface area contributed by atoms with Crippen molar-refractivity contribution in [2.75, 3.05) is 7.11 Å². The summed E-state index contributed by atoms with van der Waals surface area (Å²) >= 11 is 0. The molecule has 0 radical (unpaired) electrons. The van der Waals surface area contributed by atoms with Crippen LogP contribution in [0, 0.1) is 0 Å². The smallest absolute Gasteiger partial charge is 0.198 e. The molecule has 1 aliphatic heterocycles. The highest BCUT2D eigenvalue weighted by atomic mass is 16.6. The van der Waals surface area contributed by atoms with Crippen LogP contribution in [0.2, 0.25) is 0 Å². The molecule has 3 rings (SSSR count). The fourth-order valence-electron chi connectivity index (χ4n) is 2.15. The minimum absolute atomic E-state index is 0.116. The van der Waals surface area contributed by atoms with Crippen molar-refractivity contribution in [3.05, 3.63) is 29.3 Å². The van der Waals surface area contributed by atoms with E-state index in [4.69, 9.17) is 9.47 Å². The number of ether oxygens (including phenoxy) is 2. The Labute approximate surface area is 92.2 Å². The van der Waals surface area contributed by atoms with Crippen LogP contribution in [0.25, 0.3) is 0 Å². The fourth-order valence-corrected chi connectivity index (χ4v) is 2.15. The van der Waals surface area contributed by atoms with E-state index in [1.165, 1.54) is 7.11 Å². The normalized spacial score (nSPS) is 30.8. The maximum atomic E-state index is 12.0. The SMILES string of the molecule is COc1ccc2c(c1)C(=O)C1OC1(C)C2=O. The summed E-state index contributed by atoms with van der Waals surface area (Å²) < 4.78 is 10.2. The molecular formula is C12H10O4. The number of hydrogen-bond acceptors (Lipinski definition) is 4. The summed E-state index contributed by atoms with van der Waals surface area (Å²) in [5, 5.41) is 0. The molecule has 0 saturated carbocycles. The fraction of sp³-hybridized carbons (Fsp3) is 0.333. The van der Waals surface area contributed by atoms with E-state index in [0.29, 0.717) is 16.9 Å². The molecule has 2 unspecified atom stereocenters. The summed E-state index contributed by atoms with van der Waals surface area (Å²) in [4.78, 5) is 24.0. The van der Waals surface area contributed by atoms with Gasteiger partial charge in [-0.15, -0.1) is 0 Å². The zero-order valence-electron chi connectivity index (χ0n) is 8.94. The Bertz CT molecular complexity index is 520. The third kappa shape index (κ3) is 0.971. The van der Waals surface area contributed by atoms with Gasteiger partial charge in [-0.05, 0) is 25.1 Å². The number of methoxy groups -OCH3 is 1. The summed E-state index contributed by atoms with van der Waals surface area (Å²) in [6, 6.07) is 4.89. The molecule has 2 atom stereocenters. The highest BCUT2D eigenvalue weighted by molar-refractivity contribution is 6.22. The average Bonchev–Trinajstić information content (AvgIpc) is 3.00. The van der Waals surface area contributed by atoms with Gasteiger partial charge in [0.15, 0.2) is 23.3 Å². The Hall–Kier alpha value is -1.68. The Kier molecular flexibility index (Phi) is 1.61. The molecule has 1 aromatic rings. The quantitative estimate of drug-likeness (QED) is 0.665. The van der Waals surface area contributed by atoms with E-state index in [1.807, 2.05) is 0 Å². The first-order chi connectivity index (χ1) is 7.58. The summed E-state index contributed by atoms with van der Waals surface area (Å²) in [5.74, 6) is 0.329. The number of carbonyl (C=O) groups is 2. The van der Waals surface area contributed by atoms with Gasteiger partial charge in [0.1, 0.15) is 5.75 Å². The monoisotopic (exact) mass is 218 g/mol. The van der Waals surface area contributed by atoms with Crippen LogP contribution in [0.3, 0.4) is 0 Å². The van der Waals surface area contributed by atoms with Crippen LogP contribution in [-0.2, 0) is 4.74 Å². The van der Waals surface area contributed by atoms with Crippen molar-refractivity contribution in [2.24, 2.45) is 0 Å². The predicted octanol–water partition coefficient (Wildman–Crippen LogP) is 1.23. The molecule has 0 N–H and O–H groups in total. The van der Waals surface area contributed by atoms with E-state index in [0.717, 1.165) is 0 Å². The topological polar surface area (TPSA) is 55.9 Å². The van der Waals surface area contributed by atoms with E-state index in [2.05, 4.69) is 0 Å². The first-order valence-corrected chi connectivity index (χ1v) is 5.03. The summed E-state index contributed by atoms with van der Waals surface area (Å²) in [7, 11) is 1.52. The molecule has 0 aromatic heterocycles. The molecule has 4 nitrogen and oxygen atoms in total.